The number of nitrogens with zero attached hydrogens (tertiary/aromatic N) is 3. The van der Waals surface area contributed by atoms with E-state index < -0.39 is 0 Å². The summed E-state index contributed by atoms with van der Waals surface area (Å²) < 4.78 is 0. The van der Waals surface area contributed by atoms with Crippen LogP contribution >= 0.6 is 11.8 Å². The third-order valence-electron chi connectivity index (χ3n) is 1.31. The van der Waals surface area contributed by atoms with Crippen molar-refractivity contribution in [1.29, 1.82) is 5.26 Å². The van der Waals surface area contributed by atoms with E-state index in [9.17, 15) is 0 Å². The molecule has 0 saturated heterocycles. The van der Waals surface area contributed by atoms with Crippen molar-refractivity contribution in [3.05, 3.63) is 18.1 Å². The Morgan fingerprint density at radius 1 is 1.77 bits per heavy atom. The van der Waals surface area contributed by atoms with Crippen molar-refractivity contribution in [3.8, 4) is 6.07 Å². The molecule has 0 bridgehead atoms. The summed E-state index contributed by atoms with van der Waals surface area (Å²) >= 11 is 1.42. The second-order valence-electron chi connectivity index (χ2n) is 2.44. The SMILES string of the molecule is CC(CO)Sc1ccnc(C#N)n1. The molecule has 0 aliphatic rings. The van der Waals surface area contributed by atoms with Gasteiger partial charge in [-0.05, 0) is 6.07 Å². The Kier molecular flexibility index (Phi) is 3.68. The summed E-state index contributed by atoms with van der Waals surface area (Å²) in [5.41, 5.74) is 0. The molecule has 1 aromatic heterocycles. The first kappa shape index (κ1) is 9.96. The normalized spacial score (nSPS) is 12.1. The predicted octanol–water partition coefficient (Wildman–Crippen LogP) is 0.821. The lowest BCUT2D eigenvalue weighted by atomic mass is 10.5. The van der Waals surface area contributed by atoms with Crippen LogP contribution in [0.15, 0.2) is 17.3 Å². The van der Waals surface area contributed by atoms with Crippen molar-refractivity contribution in [2.75, 3.05) is 6.61 Å². The van der Waals surface area contributed by atoms with E-state index in [1.165, 1.54) is 18.0 Å². The molecule has 4 nitrogen and oxygen atoms in total. The van der Waals surface area contributed by atoms with Gasteiger partial charge >= 0.3 is 0 Å². The average Bonchev–Trinajstić information content (AvgIpc) is 2.18. The Balaban J connectivity index is 2.73. The smallest absolute Gasteiger partial charge is 0.233 e. The largest absolute Gasteiger partial charge is 0.395 e. The van der Waals surface area contributed by atoms with Gasteiger partial charge in [-0.3, -0.25) is 0 Å². The van der Waals surface area contributed by atoms with Gasteiger partial charge in [0.1, 0.15) is 11.1 Å². The first-order valence-electron chi connectivity index (χ1n) is 3.77. The number of hydrogen-bond acceptors (Lipinski definition) is 5. The first-order valence-corrected chi connectivity index (χ1v) is 4.65. The zero-order valence-corrected chi connectivity index (χ0v) is 7.95. The molecular formula is C8H9N3OS. The molecule has 0 aliphatic carbocycles. The number of aliphatic hydroxyl groups excluding tert-OH is 1. The zero-order chi connectivity index (χ0) is 9.68. The van der Waals surface area contributed by atoms with Crippen LogP contribution in [0, 0.1) is 11.3 Å². The summed E-state index contributed by atoms with van der Waals surface area (Å²) in [4.78, 5) is 7.70. The summed E-state index contributed by atoms with van der Waals surface area (Å²) in [6.07, 6.45) is 1.54. The van der Waals surface area contributed by atoms with Crippen molar-refractivity contribution in [2.24, 2.45) is 0 Å². The van der Waals surface area contributed by atoms with Gasteiger partial charge in [0, 0.05) is 11.4 Å². The van der Waals surface area contributed by atoms with E-state index in [0.717, 1.165) is 0 Å². The van der Waals surface area contributed by atoms with Gasteiger partial charge in [-0.1, -0.05) is 6.92 Å². The summed E-state index contributed by atoms with van der Waals surface area (Å²) in [6, 6.07) is 3.58. The molecule has 0 spiro atoms. The molecule has 0 saturated carbocycles. The minimum Gasteiger partial charge on any atom is -0.395 e. The van der Waals surface area contributed by atoms with Crippen LogP contribution in [0.1, 0.15) is 12.7 Å². The third kappa shape index (κ3) is 3.01. The highest BCUT2D eigenvalue weighted by Crippen LogP contribution is 2.19. The quantitative estimate of drug-likeness (QED) is 0.571. The van der Waals surface area contributed by atoms with Gasteiger partial charge in [0.15, 0.2) is 0 Å². The standard InChI is InChI=1S/C8H9N3OS/c1-6(5-12)13-8-2-3-10-7(4-9)11-8/h2-3,6,12H,5H2,1H3. The maximum absolute atomic E-state index is 8.79. The molecule has 1 N–H and O–H groups in total. The number of hydrogen-bond donors (Lipinski definition) is 1. The van der Waals surface area contributed by atoms with Crippen molar-refractivity contribution < 1.29 is 5.11 Å². The fourth-order valence-corrected chi connectivity index (χ4v) is 1.47. The molecule has 0 amide bonds. The molecule has 0 radical (unpaired) electrons. The maximum atomic E-state index is 8.79. The Hall–Kier alpha value is -1.12. The lowest BCUT2D eigenvalue weighted by molar-refractivity contribution is 0.300. The predicted molar refractivity (Wildman–Crippen MR) is 49.2 cm³/mol. The van der Waals surface area contributed by atoms with E-state index >= 15 is 0 Å². The number of aliphatic hydroxyl groups is 1. The summed E-state index contributed by atoms with van der Waals surface area (Å²) in [5.74, 6) is 0.162. The monoisotopic (exact) mass is 195 g/mol. The van der Waals surface area contributed by atoms with Crippen LogP contribution in [0.5, 0.6) is 0 Å². The average molecular weight is 195 g/mol. The van der Waals surface area contributed by atoms with Gasteiger partial charge in [0.05, 0.1) is 6.61 Å². The molecule has 68 valence electrons. The molecule has 13 heavy (non-hydrogen) atoms. The van der Waals surface area contributed by atoms with Crippen LogP contribution in [0.25, 0.3) is 0 Å². The Morgan fingerprint density at radius 3 is 3.15 bits per heavy atom. The Labute approximate surface area is 80.6 Å². The van der Waals surface area contributed by atoms with Crippen molar-refractivity contribution in [3.63, 3.8) is 0 Å². The summed E-state index contributed by atoms with van der Waals surface area (Å²) in [6.45, 7) is 1.98. The van der Waals surface area contributed by atoms with Gasteiger partial charge < -0.3 is 5.11 Å². The van der Waals surface area contributed by atoms with Crippen molar-refractivity contribution in [1.82, 2.24) is 9.97 Å². The Bertz CT molecular complexity index is 323. The topological polar surface area (TPSA) is 69.8 Å². The zero-order valence-electron chi connectivity index (χ0n) is 7.14. The molecule has 0 aromatic carbocycles. The number of thioether (sulfide) groups is 1. The summed E-state index contributed by atoms with van der Waals surface area (Å²) in [5, 5.41) is 18.1. The highest BCUT2D eigenvalue weighted by molar-refractivity contribution is 7.99. The van der Waals surface area contributed by atoms with Crippen LogP contribution in [-0.2, 0) is 0 Å². The fourth-order valence-electron chi connectivity index (χ4n) is 0.705. The van der Waals surface area contributed by atoms with E-state index in [1.54, 1.807) is 6.07 Å². The molecule has 1 atom stereocenters. The minimum absolute atomic E-state index is 0.0847. The molecule has 0 fully saturated rings. The second-order valence-corrected chi connectivity index (χ2v) is 3.90. The molecular weight excluding hydrogens is 186 g/mol. The first-order chi connectivity index (χ1) is 6.26. The van der Waals surface area contributed by atoms with Gasteiger partial charge in [0.25, 0.3) is 0 Å². The van der Waals surface area contributed by atoms with E-state index in [0.29, 0.717) is 5.03 Å². The number of aromatic nitrogens is 2. The van der Waals surface area contributed by atoms with E-state index in [-0.39, 0.29) is 17.7 Å². The second kappa shape index (κ2) is 4.80. The number of rotatable bonds is 3. The molecule has 1 rings (SSSR count). The van der Waals surface area contributed by atoms with Crippen LogP contribution < -0.4 is 0 Å². The maximum Gasteiger partial charge on any atom is 0.233 e. The third-order valence-corrected chi connectivity index (χ3v) is 2.33. The van der Waals surface area contributed by atoms with Crippen LogP contribution in [0.2, 0.25) is 0 Å². The van der Waals surface area contributed by atoms with Gasteiger partial charge in [-0.25, -0.2) is 9.97 Å². The molecule has 1 unspecified atom stereocenters. The van der Waals surface area contributed by atoms with Crippen molar-refractivity contribution >= 4 is 11.8 Å². The van der Waals surface area contributed by atoms with Crippen LogP contribution in [0.3, 0.4) is 0 Å². The van der Waals surface area contributed by atoms with Gasteiger partial charge in [-0.2, -0.15) is 5.26 Å². The van der Waals surface area contributed by atoms with Gasteiger partial charge in [-0.15, -0.1) is 11.8 Å². The van der Waals surface area contributed by atoms with Crippen LogP contribution in [0.4, 0.5) is 0 Å². The summed E-state index contributed by atoms with van der Waals surface area (Å²) in [7, 11) is 0. The molecule has 1 aromatic rings. The highest BCUT2D eigenvalue weighted by Gasteiger charge is 2.04. The van der Waals surface area contributed by atoms with Crippen molar-refractivity contribution in [2.45, 2.75) is 17.2 Å². The van der Waals surface area contributed by atoms with Gasteiger partial charge in [0.2, 0.25) is 5.82 Å². The van der Waals surface area contributed by atoms with Crippen LogP contribution in [-0.4, -0.2) is 26.9 Å². The van der Waals surface area contributed by atoms with E-state index in [4.69, 9.17) is 10.4 Å². The molecule has 5 heteroatoms. The molecule has 1 heterocycles. The molecule has 0 aliphatic heterocycles. The fraction of sp³-hybridized carbons (Fsp3) is 0.375. The lowest BCUT2D eigenvalue weighted by Crippen LogP contribution is -2.02. The van der Waals surface area contributed by atoms with E-state index in [2.05, 4.69) is 9.97 Å². The highest BCUT2D eigenvalue weighted by atomic mass is 32.2. The lowest BCUT2D eigenvalue weighted by Gasteiger charge is -2.05. The number of nitriles is 1. The van der Waals surface area contributed by atoms with E-state index in [1.807, 2.05) is 13.0 Å². The Morgan fingerprint density at radius 2 is 2.54 bits per heavy atom. The minimum atomic E-state index is 0.0847.